The lowest BCUT2D eigenvalue weighted by atomic mass is 10.0. The van der Waals surface area contributed by atoms with Gasteiger partial charge >= 0.3 is 0 Å². The van der Waals surface area contributed by atoms with Crippen molar-refractivity contribution in [1.82, 2.24) is 19.9 Å². The van der Waals surface area contributed by atoms with E-state index in [-0.39, 0.29) is 36.2 Å². The lowest BCUT2D eigenvalue weighted by Gasteiger charge is -2.19. The van der Waals surface area contributed by atoms with Crippen LogP contribution < -0.4 is 16.2 Å². The van der Waals surface area contributed by atoms with Crippen LogP contribution in [0, 0.1) is 12.8 Å². The van der Waals surface area contributed by atoms with E-state index in [4.69, 9.17) is 0 Å². The Morgan fingerprint density at radius 2 is 2.00 bits per heavy atom. The van der Waals surface area contributed by atoms with Crippen molar-refractivity contribution >= 4 is 28.5 Å². The quantitative estimate of drug-likeness (QED) is 0.602. The molecule has 0 atom stereocenters. The Morgan fingerprint density at radius 1 is 1.23 bits per heavy atom. The molecule has 0 aromatic carbocycles. The molecule has 5 rings (SSSR count). The number of hydrogen-bond donors (Lipinski definition) is 3. The summed E-state index contributed by atoms with van der Waals surface area (Å²) in [5, 5.41) is 5.41. The minimum atomic E-state index is -0.347. The summed E-state index contributed by atoms with van der Waals surface area (Å²) in [7, 11) is 0. The first-order valence-corrected chi connectivity index (χ1v) is 10.6. The Balaban J connectivity index is 0.000000520. The lowest BCUT2D eigenvalue weighted by molar-refractivity contribution is -0.122. The standard InChI is InChI=1S/C19H19N5O3.C4H8/c1-11-8-12-2-5-16(25)23-18(12)19(27)24(11)10-17(26)21-9-13-3-4-14-15(22-13)6-7-20-14;1-4-2-3-4/h3-4,6-8,20H,2,5,9-10H2,1H3,(H,21,26)(H,23,25);4H,2-3H2,1H3. The van der Waals surface area contributed by atoms with Crippen LogP contribution >= 0.6 is 0 Å². The highest BCUT2D eigenvalue weighted by Gasteiger charge is 2.21. The number of nitrogens with one attached hydrogen (secondary N) is 3. The number of fused-ring (bicyclic) bond motifs is 2. The SMILES string of the molecule is CC1CC1.Cc1cc2c(c(=O)n1CC(=O)NCc1ccc3[nH]ccc3n1)NC(=O)CC2. The summed E-state index contributed by atoms with van der Waals surface area (Å²) < 4.78 is 1.38. The monoisotopic (exact) mass is 421 g/mol. The van der Waals surface area contributed by atoms with E-state index in [2.05, 4.69) is 27.5 Å². The number of nitrogens with zero attached hydrogens (tertiary/aromatic N) is 2. The van der Waals surface area contributed by atoms with Gasteiger partial charge < -0.3 is 20.2 Å². The van der Waals surface area contributed by atoms with Crippen molar-refractivity contribution in [1.29, 1.82) is 0 Å². The van der Waals surface area contributed by atoms with Crippen LogP contribution in [-0.4, -0.2) is 26.3 Å². The first-order chi connectivity index (χ1) is 14.9. The van der Waals surface area contributed by atoms with Gasteiger partial charge in [0, 0.05) is 18.3 Å². The number of aryl methyl sites for hydroxylation is 2. The smallest absolute Gasteiger partial charge is 0.275 e. The van der Waals surface area contributed by atoms with E-state index in [0.29, 0.717) is 18.5 Å². The number of aromatic nitrogens is 3. The van der Waals surface area contributed by atoms with Gasteiger partial charge in [-0.15, -0.1) is 0 Å². The molecule has 3 aromatic rings. The van der Waals surface area contributed by atoms with Crippen LogP contribution in [0.3, 0.4) is 0 Å². The molecule has 0 radical (unpaired) electrons. The number of carbonyl (C=O) groups is 2. The normalized spacial score (nSPS) is 15.0. The number of amides is 2. The Hall–Kier alpha value is -3.42. The highest BCUT2D eigenvalue weighted by molar-refractivity contribution is 5.93. The van der Waals surface area contributed by atoms with Crippen LogP contribution in [0.1, 0.15) is 43.1 Å². The Labute approximate surface area is 180 Å². The maximum Gasteiger partial charge on any atom is 0.275 e. The third kappa shape index (κ3) is 5.02. The molecule has 1 saturated carbocycles. The van der Waals surface area contributed by atoms with Gasteiger partial charge in [-0.25, -0.2) is 4.98 Å². The minimum absolute atomic E-state index is 0.111. The molecule has 1 aliphatic carbocycles. The Bertz CT molecular complexity index is 1190. The zero-order valence-corrected chi connectivity index (χ0v) is 17.8. The predicted octanol–water partition coefficient (Wildman–Crippen LogP) is 2.65. The first-order valence-electron chi connectivity index (χ1n) is 10.6. The van der Waals surface area contributed by atoms with Crippen LogP contribution in [-0.2, 0) is 29.1 Å². The second-order valence-electron chi connectivity index (χ2n) is 8.30. The van der Waals surface area contributed by atoms with E-state index in [1.165, 1.54) is 17.4 Å². The van der Waals surface area contributed by atoms with E-state index >= 15 is 0 Å². The molecular formula is C23H27N5O3. The molecule has 1 fully saturated rings. The maximum atomic E-state index is 12.7. The Kier molecular flexibility index (Phi) is 5.88. The van der Waals surface area contributed by atoms with Gasteiger partial charge in [0.2, 0.25) is 11.8 Å². The van der Waals surface area contributed by atoms with E-state index in [1.54, 1.807) is 6.92 Å². The van der Waals surface area contributed by atoms with Gasteiger partial charge in [-0.2, -0.15) is 0 Å². The van der Waals surface area contributed by atoms with Crippen molar-refractivity contribution in [2.45, 2.75) is 52.6 Å². The van der Waals surface area contributed by atoms with E-state index in [0.717, 1.165) is 28.2 Å². The molecule has 0 saturated heterocycles. The van der Waals surface area contributed by atoms with Crippen LogP contribution in [0.4, 0.5) is 5.69 Å². The molecule has 0 bridgehead atoms. The van der Waals surface area contributed by atoms with Crippen LogP contribution in [0.15, 0.2) is 35.3 Å². The van der Waals surface area contributed by atoms with Gasteiger partial charge in [-0.3, -0.25) is 14.4 Å². The predicted molar refractivity (Wildman–Crippen MR) is 119 cm³/mol. The van der Waals surface area contributed by atoms with Crippen LogP contribution in [0.2, 0.25) is 0 Å². The summed E-state index contributed by atoms with van der Waals surface area (Å²) >= 11 is 0. The second kappa shape index (κ2) is 8.75. The zero-order chi connectivity index (χ0) is 22.0. The average Bonchev–Trinajstić information content (AvgIpc) is 3.39. The van der Waals surface area contributed by atoms with E-state index in [9.17, 15) is 14.4 Å². The molecule has 8 nitrogen and oxygen atoms in total. The maximum absolute atomic E-state index is 12.7. The molecule has 0 spiro atoms. The summed E-state index contributed by atoms with van der Waals surface area (Å²) in [5.41, 5.74) is 3.94. The fourth-order valence-corrected chi connectivity index (χ4v) is 3.44. The molecule has 8 heteroatoms. The molecule has 3 aromatic heterocycles. The summed E-state index contributed by atoms with van der Waals surface area (Å²) in [4.78, 5) is 44.1. The summed E-state index contributed by atoms with van der Waals surface area (Å²) in [6.45, 7) is 4.22. The molecular weight excluding hydrogens is 394 g/mol. The first kappa shape index (κ1) is 20.8. The number of rotatable bonds is 4. The summed E-state index contributed by atoms with van der Waals surface area (Å²) in [5.74, 6) is 0.615. The number of H-pyrrole nitrogens is 1. The van der Waals surface area contributed by atoms with Gasteiger partial charge in [0.1, 0.15) is 12.2 Å². The van der Waals surface area contributed by atoms with Gasteiger partial charge in [0.15, 0.2) is 0 Å². The second-order valence-corrected chi connectivity index (χ2v) is 8.30. The van der Waals surface area contributed by atoms with Crippen molar-refractivity contribution in [3.8, 4) is 0 Å². The van der Waals surface area contributed by atoms with Gasteiger partial charge in [-0.05, 0) is 49.1 Å². The highest BCUT2D eigenvalue weighted by atomic mass is 16.2. The Morgan fingerprint density at radius 3 is 2.74 bits per heavy atom. The van der Waals surface area contributed by atoms with Crippen molar-refractivity contribution in [2.24, 2.45) is 5.92 Å². The third-order valence-electron chi connectivity index (χ3n) is 5.57. The summed E-state index contributed by atoms with van der Waals surface area (Å²) in [6, 6.07) is 7.46. The highest BCUT2D eigenvalue weighted by Crippen LogP contribution is 2.26. The van der Waals surface area contributed by atoms with Gasteiger partial charge in [0.05, 0.1) is 23.3 Å². The van der Waals surface area contributed by atoms with Gasteiger partial charge in [-0.1, -0.05) is 19.8 Å². The molecule has 162 valence electrons. The zero-order valence-electron chi connectivity index (χ0n) is 17.8. The van der Waals surface area contributed by atoms with Crippen molar-refractivity contribution in [3.63, 3.8) is 0 Å². The minimum Gasteiger partial charge on any atom is -0.360 e. The number of anilines is 1. The topological polar surface area (TPSA) is 109 Å². The van der Waals surface area contributed by atoms with E-state index < -0.39 is 0 Å². The third-order valence-corrected chi connectivity index (χ3v) is 5.57. The number of carbonyl (C=O) groups excluding carboxylic acids is 2. The fraction of sp³-hybridized carbons (Fsp3) is 0.391. The molecule has 4 heterocycles. The molecule has 2 aliphatic rings. The van der Waals surface area contributed by atoms with E-state index in [1.807, 2.05) is 30.5 Å². The molecule has 31 heavy (non-hydrogen) atoms. The van der Waals surface area contributed by atoms with Gasteiger partial charge in [0.25, 0.3) is 5.56 Å². The van der Waals surface area contributed by atoms with Crippen molar-refractivity contribution < 1.29 is 9.59 Å². The van der Waals surface area contributed by atoms with Crippen molar-refractivity contribution in [2.75, 3.05) is 5.32 Å². The number of aromatic amines is 1. The lowest BCUT2D eigenvalue weighted by Crippen LogP contribution is -2.36. The molecule has 0 unspecified atom stereocenters. The number of pyridine rings is 2. The largest absolute Gasteiger partial charge is 0.360 e. The van der Waals surface area contributed by atoms with Crippen molar-refractivity contribution in [3.05, 3.63) is 57.8 Å². The molecule has 2 amide bonds. The van der Waals surface area contributed by atoms with Crippen LogP contribution in [0.25, 0.3) is 11.0 Å². The molecule has 3 N–H and O–H groups in total. The van der Waals surface area contributed by atoms with Crippen LogP contribution in [0.5, 0.6) is 0 Å². The average molecular weight is 422 g/mol. The number of hydrogen-bond acceptors (Lipinski definition) is 4. The molecule has 1 aliphatic heterocycles. The summed E-state index contributed by atoms with van der Waals surface area (Å²) in [6.07, 6.45) is 5.69. The fourth-order valence-electron chi connectivity index (χ4n) is 3.44.